The standard InChI is InChI=1S/C20H31N5.HI/c1-15-4-5-18-17(14-23-19(18)12-15)6-9-22-20(21-2)24-13-16-7-10-25(3)11-8-16;/h4-5,12,14,16,23H,6-11,13H2,1-3H3,(H2,21,22,24);1H. The highest BCUT2D eigenvalue weighted by Crippen LogP contribution is 2.19. The summed E-state index contributed by atoms with van der Waals surface area (Å²) >= 11 is 0. The van der Waals surface area contributed by atoms with Gasteiger partial charge in [-0.15, -0.1) is 24.0 Å². The van der Waals surface area contributed by atoms with Gasteiger partial charge in [0.1, 0.15) is 0 Å². The number of aryl methyl sites for hydroxylation is 1. The van der Waals surface area contributed by atoms with Gasteiger partial charge in [0.15, 0.2) is 5.96 Å². The van der Waals surface area contributed by atoms with Crippen molar-refractivity contribution in [3.8, 4) is 0 Å². The first-order valence-electron chi connectivity index (χ1n) is 9.35. The van der Waals surface area contributed by atoms with Crippen LogP contribution >= 0.6 is 24.0 Å². The van der Waals surface area contributed by atoms with Gasteiger partial charge in [0.2, 0.25) is 0 Å². The van der Waals surface area contributed by atoms with E-state index in [-0.39, 0.29) is 24.0 Å². The van der Waals surface area contributed by atoms with Crippen LogP contribution in [0.4, 0.5) is 0 Å². The molecule has 0 saturated carbocycles. The first kappa shape index (κ1) is 21.0. The van der Waals surface area contributed by atoms with Gasteiger partial charge in [0, 0.05) is 37.2 Å². The average molecular weight is 469 g/mol. The highest BCUT2D eigenvalue weighted by molar-refractivity contribution is 14.0. The number of aliphatic imine (C=N–C) groups is 1. The van der Waals surface area contributed by atoms with E-state index in [1.165, 1.54) is 48.0 Å². The third kappa shape index (κ3) is 5.61. The molecule has 1 aromatic heterocycles. The Hall–Kier alpha value is -1.28. The molecule has 0 unspecified atom stereocenters. The van der Waals surface area contributed by atoms with Crippen LogP contribution in [0.15, 0.2) is 29.4 Å². The number of nitrogens with zero attached hydrogens (tertiary/aromatic N) is 2. The van der Waals surface area contributed by atoms with Gasteiger partial charge in [-0.25, -0.2) is 0 Å². The molecule has 0 bridgehead atoms. The van der Waals surface area contributed by atoms with Crippen LogP contribution in [-0.2, 0) is 6.42 Å². The predicted molar refractivity (Wildman–Crippen MR) is 122 cm³/mol. The molecule has 26 heavy (non-hydrogen) atoms. The molecule has 3 rings (SSSR count). The van der Waals surface area contributed by atoms with E-state index in [4.69, 9.17) is 0 Å². The number of hydrogen-bond acceptors (Lipinski definition) is 2. The molecule has 0 spiro atoms. The smallest absolute Gasteiger partial charge is 0.190 e. The van der Waals surface area contributed by atoms with Gasteiger partial charge >= 0.3 is 0 Å². The predicted octanol–water partition coefficient (Wildman–Crippen LogP) is 3.14. The van der Waals surface area contributed by atoms with Crippen molar-refractivity contribution in [3.05, 3.63) is 35.5 Å². The Bertz CT molecular complexity index is 716. The van der Waals surface area contributed by atoms with Gasteiger partial charge in [-0.05, 0) is 69.4 Å². The van der Waals surface area contributed by atoms with Crippen LogP contribution in [-0.4, -0.2) is 56.1 Å². The van der Waals surface area contributed by atoms with Crippen molar-refractivity contribution in [2.45, 2.75) is 26.2 Å². The molecule has 0 radical (unpaired) electrons. The molecule has 1 saturated heterocycles. The SMILES string of the molecule is CN=C(NCCc1c[nH]c2cc(C)ccc12)NCC1CCN(C)CC1.I. The number of H-pyrrole nitrogens is 1. The summed E-state index contributed by atoms with van der Waals surface area (Å²) in [5.74, 6) is 1.67. The van der Waals surface area contributed by atoms with Crippen molar-refractivity contribution < 1.29 is 0 Å². The zero-order valence-electron chi connectivity index (χ0n) is 16.1. The Labute approximate surface area is 174 Å². The summed E-state index contributed by atoms with van der Waals surface area (Å²) in [5.41, 5.74) is 3.87. The van der Waals surface area contributed by atoms with Crippen LogP contribution in [0.25, 0.3) is 10.9 Å². The quantitative estimate of drug-likeness (QED) is 0.358. The monoisotopic (exact) mass is 469 g/mol. The number of hydrogen-bond donors (Lipinski definition) is 3. The molecule has 2 aromatic rings. The van der Waals surface area contributed by atoms with Gasteiger partial charge in [0.25, 0.3) is 0 Å². The maximum absolute atomic E-state index is 4.36. The van der Waals surface area contributed by atoms with Crippen molar-refractivity contribution in [1.82, 2.24) is 20.5 Å². The first-order chi connectivity index (χ1) is 12.2. The Morgan fingerprint density at radius 3 is 2.77 bits per heavy atom. The summed E-state index contributed by atoms with van der Waals surface area (Å²) in [5, 5.41) is 8.26. The highest BCUT2D eigenvalue weighted by Gasteiger charge is 2.16. The third-order valence-corrected chi connectivity index (χ3v) is 5.23. The van der Waals surface area contributed by atoms with Gasteiger partial charge in [0.05, 0.1) is 0 Å². The minimum atomic E-state index is 0. The molecule has 1 fully saturated rings. The lowest BCUT2D eigenvalue weighted by atomic mass is 9.97. The number of piperidine rings is 1. The third-order valence-electron chi connectivity index (χ3n) is 5.23. The van der Waals surface area contributed by atoms with Crippen LogP contribution in [0.3, 0.4) is 0 Å². The minimum absolute atomic E-state index is 0. The number of guanidine groups is 1. The highest BCUT2D eigenvalue weighted by atomic mass is 127. The maximum atomic E-state index is 4.36. The van der Waals surface area contributed by atoms with E-state index in [1.54, 1.807) is 0 Å². The number of rotatable bonds is 5. The summed E-state index contributed by atoms with van der Waals surface area (Å²) in [6, 6.07) is 6.59. The number of halogens is 1. The second-order valence-corrected chi connectivity index (χ2v) is 7.24. The van der Waals surface area contributed by atoms with Crippen LogP contribution in [0, 0.1) is 12.8 Å². The van der Waals surface area contributed by atoms with Crippen molar-refractivity contribution in [2.75, 3.05) is 40.3 Å². The lowest BCUT2D eigenvalue weighted by molar-refractivity contribution is 0.220. The number of fused-ring (bicyclic) bond motifs is 1. The van der Waals surface area contributed by atoms with Gasteiger partial charge in [-0.3, -0.25) is 4.99 Å². The average Bonchev–Trinajstić information content (AvgIpc) is 3.01. The topological polar surface area (TPSA) is 55.5 Å². The van der Waals surface area contributed by atoms with E-state index < -0.39 is 0 Å². The number of benzene rings is 1. The second-order valence-electron chi connectivity index (χ2n) is 7.24. The molecule has 0 amide bonds. The van der Waals surface area contributed by atoms with Crippen LogP contribution in [0.5, 0.6) is 0 Å². The lowest BCUT2D eigenvalue weighted by Gasteiger charge is -2.29. The minimum Gasteiger partial charge on any atom is -0.361 e. The molecule has 2 heterocycles. The molecule has 3 N–H and O–H groups in total. The molecule has 144 valence electrons. The first-order valence-corrected chi connectivity index (χ1v) is 9.35. The molecule has 6 heteroatoms. The van der Waals surface area contributed by atoms with Crippen molar-refractivity contribution in [1.29, 1.82) is 0 Å². The molecule has 5 nitrogen and oxygen atoms in total. The number of likely N-dealkylation sites (tertiary alicyclic amines) is 1. The van der Waals surface area contributed by atoms with E-state index in [0.29, 0.717) is 0 Å². The zero-order valence-corrected chi connectivity index (χ0v) is 18.5. The molecule has 0 aliphatic carbocycles. The molecule has 0 atom stereocenters. The zero-order chi connectivity index (χ0) is 17.6. The fourth-order valence-corrected chi connectivity index (χ4v) is 3.55. The fraction of sp³-hybridized carbons (Fsp3) is 0.550. The summed E-state index contributed by atoms with van der Waals surface area (Å²) in [7, 11) is 4.05. The Kier molecular flexibility index (Phi) is 8.21. The Balaban J connectivity index is 0.00000243. The van der Waals surface area contributed by atoms with Crippen molar-refractivity contribution in [2.24, 2.45) is 10.9 Å². The fourth-order valence-electron chi connectivity index (χ4n) is 3.55. The van der Waals surface area contributed by atoms with Crippen LogP contribution in [0.2, 0.25) is 0 Å². The number of aromatic nitrogens is 1. The molecule has 1 aromatic carbocycles. The normalized spacial score (nSPS) is 16.5. The largest absolute Gasteiger partial charge is 0.361 e. The second kappa shape index (κ2) is 10.2. The van der Waals surface area contributed by atoms with E-state index in [9.17, 15) is 0 Å². The molecule has 1 aliphatic heterocycles. The Morgan fingerprint density at radius 1 is 1.27 bits per heavy atom. The maximum Gasteiger partial charge on any atom is 0.190 e. The molecular weight excluding hydrogens is 437 g/mol. The van der Waals surface area contributed by atoms with E-state index >= 15 is 0 Å². The summed E-state index contributed by atoms with van der Waals surface area (Å²) in [4.78, 5) is 10.1. The number of nitrogens with one attached hydrogen (secondary N) is 3. The molecular formula is C20H32IN5. The van der Waals surface area contributed by atoms with E-state index in [0.717, 1.165) is 31.4 Å². The van der Waals surface area contributed by atoms with Crippen LogP contribution < -0.4 is 10.6 Å². The Morgan fingerprint density at radius 2 is 2.04 bits per heavy atom. The van der Waals surface area contributed by atoms with Gasteiger partial charge < -0.3 is 20.5 Å². The number of aromatic amines is 1. The van der Waals surface area contributed by atoms with Gasteiger partial charge in [-0.2, -0.15) is 0 Å². The summed E-state index contributed by atoms with van der Waals surface area (Å²) in [6.07, 6.45) is 5.66. The van der Waals surface area contributed by atoms with Gasteiger partial charge in [-0.1, -0.05) is 12.1 Å². The summed E-state index contributed by atoms with van der Waals surface area (Å²) < 4.78 is 0. The van der Waals surface area contributed by atoms with Crippen LogP contribution in [0.1, 0.15) is 24.0 Å². The van der Waals surface area contributed by atoms with E-state index in [1.807, 2.05) is 7.05 Å². The molecule has 1 aliphatic rings. The van der Waals surface area contributed by atoms with Crippen molar-refractivity contribution in [3.63, 3.8) is 0 Å². The van der Waals surface area contributed by atoms with E-state index in [2.05, 4.69) is 63.9 Å². The summed E-state index contributed by atoms with van der Waals surface area (Å²) in [6.45, 7) is 6.44. The van der Waals surface area contributed by atoms with Crippen molar-refractivity contribution >= 4 is 40.8 Å². The lowest BCUT2D eigenvalue weighted by Crippen LogP contribution is -2.42.